The van der Waals surface area contributed by atoms with Crippen molar-refractivity contribution in [2.45, 2.75) is 71.1 Å². The van der Waals surface area contributed by atoms with E-state index in [1.165, 1.54) is 10.8 Å². The van der Waals surface area contributed by atoms with Gasteiger partial charge in [-0.25, -0.2) is 14.8 Å². The highest BCUT2D eigenvalue weighted by Crippen LogP contribution is 2.35. The molecule has 2 aromatic carbocycles. The van der Waals surface area contributed by atoms with Gasteiger partial charge in [0.25, 0.3) is 17.4 Å². The summed E-state index contributed by atoms with van der Waals surface area (Å²) in [5, 5.41) is 5.61. The number of ether oxygens (including phenoxy) is 1. The lowest BCUT2D eigenvalue weighted by Gasteiger charge is -2.24. The third kappa shape index (κ3) is 8.18. The van der Waals surface area contributed by atoms with Gasteiger partial charge in [0.2, 0.25) is 11.7 Å². The Hall–Kier alpha value is -4.81. The summed E-state index contributed by atoms with van der Waals surface area (Å²) >= 11 is 12.5. The van der Waals surface area contributed by atoms with E-state index >= 15 is 0 Å². The molecule has 2 amide bonds. The molecule has 1 unspecified atom stereocenters. The molecule has 5 rings (SSSR count). The molecule has 1 aliphatic rings. The summed E-state index contributed by atoms with van der Waals surface area (Å²) in [4.78, 5) is 75.3. The molecule has 250 valence electrons. The third-order valence-electron chi connectivity index (χ3n) is 7.33. The molecule has 0 fully saturated rings. The van der Waals surface area contributed by atoms with E-state index in [9.17, 15) is 24.0 Å². The molecule has 0 bridgehead atoms. The van der Waals surface area contributed by atoms with Gasteiger partial charge in [0, 0.05) is 25.8 Å². The number of hydrogen-bond acceptors (Lipinski definition) is 9. The summed E-state index contributed by atoms with van der Waals surface area (Å²) in [6.07, 6.45) is 2.17. The molecule has 48 heavy (non-hydrogen) atoms. The summed E-state index contributed by atoms with van der Waals surface area (Å²) in [6.45, 7) is 5.27. The minimum atomic E-state index is -1.54. The Bertz CT molecular complexity index is 1910. The Morgan fingerprint density at radius 2 is 1.75 bits per heavy atom. The second kappa shape index (κ2) is 14.5. The maximum absolute atomic E-state index is 13.8. The fraction of sp³-hybridized carbons (Fsp3) is 0.324. The number of oxazole rings is 1. The lowest BCUT2D eigenvalue weighted by atomic mass is 10.1. The predicted molar refractivity (Wildman–Crippen MR) is 178 cm³/mol. The van der Waals surface area contributed by atoms with Gasteiger partial charge in [0.1, 0.15) is 23.2 Å². The van der Waals surface area contributed by atoms with Crippen molar-refractivity contribution >= 4 is 52.5 Å². The average Bonchev–Trinajstić information content (AvgIpc) is 3.71. The van der Waals surface area contributed by atoms with Crippen LogP contribution in [0.2, 0.25) is 10.0 Å². The number of esters is 1. The number of aryl methyl sites for hydroxylation is 2. The van der Waals surface area contributed by atoms with Crippen LogP contribution in [0.5, 0.6) is 0 Å². The van der Waals surface area contributed by atoms with Gasteiger partial charge in [-0.15, -0.1) is 0 Å². The molecule has 4 aromatic rings. The van der Waals surface area contributed by atoms with Crippen LogP contribution in [0.4, 0.5) is 5.69 Å². The van der Waals surface area contributed by atoms with Crippen LogP contribution in [0.25, 0.3) is 11.3 Å². The molecular weight excluding hydrogens is 661 g/mol. The maximum Gasteiger partial charge on any atom is 0.329 e. The van der Waals surface area contributed by atoms with Gasteiger partial charge < -0.3 is 19.8 Å². The number of aromatic nitrogens is 3. The van der Waals surface area contributed by atoms with E-state index in [2.05, 4.69) is 20.6 Å². The number of amides is 2. The monoisotopic (exact) mass is 693 g/mol. The summed E-state index contributed by atoms with van der Waals surface area (Å²) < 4.78 is 12.6. The Morgan fingerprint density at radius 1 is 1.04 bits per heavy atom. The quantitative estimate of drug-likeness (QED) is 0.154. The first-order valence-corrected chi connectivity index (χ1v) is 16.0. The Labute approximate surface area is 285 Å². The van der Waals surface area contributed by atoms with Gasteiger partial charge in [-0.3, -0.25) is 23.7 Å². The fourth-order valence-electron chi connectivity index (χ4n) is 5.11. The number of ketones is 1. The highest BCUT2D eigenvalue weighted by atomic mass is 35.5. The molecule has 0 spiro atoms. The van der Waals surface area contributed by atoms with Gasteiger partial charge in [-0.2, -0.15) is 0 Å². The average molecular weight is 695 g/mol. The number of carbonyl (C=O) groups is 4. The minimum absolute atomic E-state index is 0.0405. The lowest BCUT2D eigenvalue weighted by molar-refractivity contribution is -0.157. The first-order valence-electron chi connectivity index (χ1n) is 15.3. The zero-order valence-corrected chi connectivity index (χ0v) is 28.0. The minimum Gasteiger partial charge on any atom is -0.458 e. The molecular formula is C34H33Cl2N5O7. The number of benzene rings is 2. The number of halogens is 2. The van der Waals surface area contributed by atoms with E-state index in [0.29, 0.717) is 37.2 Å². The first kappa shape index (κ1) is 34.5. The molecule has 0 saturated heterocycles. The van der Waals surface area contributed by atoms with Crippen molar-refractivity contribution in [1.29, 1.82) is 0 Å². The van der Waals surface area contributed by atoms with Crippen LogP contribution >= 0.6 is 23.2 Å². The van der Waals surface area contributed by atoms with Gasteiger partial charge >= 0.3 is 5.97 Å². The van der Waals surface area contributed by atoms with Crippen LogP contribution in [0.3, 0.4) is 0 Å². The van der Waals surface area contributed by atoms with Crippen LogP contribution in [0, 0.1) is 0 Å². The highest BCUT2D eigenvalue weighted by Gasteiger charge is 2.33. The number of nitrogens with one attached hydrogen (secondary N) is 2. The van der Waals surface area contributed by atoms with E-state index in [1.54, 1.807) is 39.0 Å². The number of hydrogen-bond donors (Lipinski definition) is 2. The van der Waals surface area contributed by atoms with Gasteiger partial charge in [-0.1, -0.05) is 59.6 Å². The number of carbonyl (C=O) groups excluding carboxylic acids is 4. The summed E-state index contributed by atoms with van der Waals surface area (Å²) in [6, 6.07) is 12.6. The van der Waals surface area contributed by atoms with E-state index in [-0.39, 0.29) is 39.5 Å². The van der Waals surface area contributed by atoms with E-state index < -0.39 is 47.2 Å². The van der Waals surface area contributed by atoms with Gasteiger partial charge in [0.05, 0.1) is 21.8 Å². The topological polar surface area (TPSA) is 162 Å². The summed E-state index contributed by atoms with van der Waals surface area (Å²) in [5.74, 6) is -2.98. The van der Waals surface area contributed by atoms with Crippen molar-refractivity contribution in [3.05, 3.63) is 98.1 Å². The largest absolute Gasteiger partial charge is 0.458 e. The van der Waals surface area contributed by atoms with Crippen molar-refractivity contribution < 1.29 is 28.3 Å². The standard InChI is InChI=1S/C34H33Cl2N5O7/c1-34(2,3)48-33(46)22(17-23(42)31-37-18-24(47-31)27-20(35)11-7-12-21(27)36)38-30(44)28-29(32(45)41-16-8-13-25(41)39-28)40-26(43)15-14-19-9-5-4-6-10-19/h4-7,9-12,18,22H,8,13-17H2,1-3H3,(H,38,44)(H,40,43). The fourth-order valence-corrected chi connectivity index (χ4v) is 5.70. The zero-order valence-electron chi connectivity index (χ0n) is 26.5. The maximum atomic E-state index is 13.8. The highest BCUT2D eigenvalue weighted by molar-refractivity contribution is 6.39. The second-order valence-electron chi connectivity index (χ2n) is 12.2. The predicted octanol–water partition coefficient (Wildman–Crippen LogP) is 5.44. The molecule has 2 aromatic heterocycles. The van der Waals surface area contributed by atoms with Crippen molar-refractivity contribution in [3.8, 4) is 11.3 Å². The second-order valence-corrected chi connectivity index (χ2v) is 13.0. The number of fused-ring (bicyclic) bond motifs is 1. The molecule has 0 saturated carbocycles. The zero-order chi connectivity index (χ0) is 34.6. The molecule has 2 N–H and O–H groups in total. The van der Waals surface area contributed by atoms with Crippen LogP contribution in [-0.4, -0.2) is 49.7 Å². The smallest absolute Gasteiger partial charge is 0.329 e. The third-order valence-corrected chi connectivity index (χ3v) is 7.96. The van der Waals surface area contributed by atoms with Crippen LogP contribution < -0.4 is 16.2 Å². The van der Waals surface area contributed by atoms with Crippen molar-refractivity contribution in [1.82, 2.24) is 19.9 Å². The van der Waals surface area contributed by atoms with Crippen molar-refractivity contribution in [3.63, 3.8) is 0 Å². The first-order chi connectivity index (χ1) is 22.8. The normalized spacial score (nSPS) is 13.0. The van der Waals surface area contributed by atoms with E-state index in [1.807, 2.05) is 30.3 Å². The number of rotatable bonds is 11. The number of nitrogens with zero attached hydrogens (tertiary/aromatic N) is 3. The van der Waals surface area contributed by atoms with Crippen LogP contribution in [-0.2, 0) is 33.7 Å². The molecule has 0 aliphatic carbocycles. The Kier molecular flexibility index (Phi) is 10.4. The van der Waals surface area contributed by atoms with Gasteiger partial charge in [0.15, 0.2) is 11.5 Å². The Morgan fingerprint density at radius 3 is 2.44 bits per heavy atom. The summed E-state index contributed by atoms with van der Waals surface area (Å²) in [7, 11) is 0. The molecule has 0 radical (unpaired) electrons. The van der Waals surface area contributed by atoms with Crippen molar-refractivity contribution in [2.24, 2.45) is 0 Å². The van der Waals surface area contributed by atoms with Crippen molar-refractivity contribution in [2.75, 3.05) is 5.32 Å². The summed E-state index contributed by atoms with van der Waals surface area (Å²) in [5.41, 5.74) is -1.01. The van der Waals surface area contributed by atoms with Gasteiger partial charge in [-0.05, 0) is 51.3 Å². The molecule has 14 heteroatoms. The molecule has 3 heterocycles. The number of Topliss-reactive ketones (excluding diaryl/α,β-unsaturated/α-hetero) is 1. The lowest BCUT2D eigenvalue weighted by Crippen LogP contribution is -2.46. The molecule has 12 nitrogen and oxygen atoms in total. The van der Waals surface area contributed by atoms with Crippen LogP contribution in [0.1, 0.15) is 72.6 Å². The molecule has 1 atom stereocenters. The van der Waals surface area contributed by atoms with Crippen LogP contribution in [0.15, 0.2) is 63.9 Å². The number of anilines is 1. The Balaban J connectivity index is 1.40. The van der Waals surface area contributed by atoms with E-state index in [0.717, 1.165) is 5.56 Å². The SMILES string of the molecule is CC(C)(C)OC(=O)C(CC(=O)c1ncc(-c2c(Cl)cccc2Cl)o1)NC(=O)c1nc2n(c(=O)c1NC(=O)CCc1ccccc1)CCC2. The van der Waals surface area contributed by atoms with E-state index in [4.69, 9.17) is 32.4 Å². The molecule has 1 aliphatic heterocycles.